The molecule has 0 aliphatic carbocycles. The summed E-state index contributed by atoms with van der Waals surface area (Å²) in [6.07, 6.45) is 3.11. The summed E-state index contributed by atoms with van der Waals surface area (Å²) in [5.41, 5.74) is 1.14. The Labute approximate surface area is 225 Å². The number of methoxy groups -OCH3 is 2. The van der Waals surface area contributed by atoms with E-state index in [9.17, 15) is 14.7 Å². The molecule has 2 aromatic carbocycles. The maximum absolute atomic E-state index is 13.7. The molecule has 4 rings (SSSR count). The molecule has 1 atom stereocenters. The van der Waals surface area contributed by atoms with Gasteiger partial charge < -0.3 is 24.1 Å². The van der Waals surface area contributed by atoms with E-state index in [0.29, 0.717) is 49.6 Å². The van der Waals surface area contributed by atoms with E-state index >= 15 is 0 Å². The number of halogens is 1. The Morgan fingerprint density at radius 3 is 2.54 bits per heavy atom. The number of hydrogen-bond acceptors (Lipinski definition) is 9. The summed E-state index contributed by atoms with van der Waals surface area (Å²) in [6.45, 7) is 4.61. The molecule has 37 heavy (non-hydrogen) atoms. The Morgan fingerprint density at radius 1 is 1.14 bits per heavy atom. The van der Waals surface area contributed by atoms with E-state index in [-0.39, 0.29) is 22.6 Å². The van der Waals surface area contributed by atoms with Gasteiger partial charge in [-0.3, -0.25) is 9.36 Å². The molecule has 9 nitrogen and oxygen atoms in total. The predicted molar refractivity (Wildman–Crippen MR) is 142 cm³/mol. The highest BCUT2D eigenvalue weighted by molar-refractivity contribution is 9.10. The van der Waals surface area contributed by atoms with Crippen LogP contribution in [0.15, 0.2) is 56.4 Å². The van der Waals surface area contributed by atoms with E-state index in [2.05, 4.69) is 20.9 Å². The second-order valence-electron chi connectivity index (χ2n) is 7.79. The van der Waals surface area contributed by atoms with Gasteiger partial charge in [0.25, 0.3) is 5.56 Å². The highest BCUT2D eigenvalue weighted by Crippen LogP contribution is 2.35. The van der Waals surface area contributed by atoms with Gasteiger partial charge in [-0.25, -0.2) is 9.79 Å². The number of aromatic nitrogens is 1. The van der Waals surface area contributed by atoms with Gasteiger partial charge in [0.2, 0.25) is 0 Å². The molecule has 2 heterocycles. The molecule has 0 bridgehead atoms. The summed E-state index contributed by atoms with van der Waals surface area (Å²) in [7, 11) is 2.73. The van der Waals surface area contributed by atoms with Gasteiger partial charge in [0.15, 0.2) is 27.8 Å². The quantitative estimate of drug-likeness (QED) is 0.402. The number of rotatable bonds is 8. The number of phenolic OH excluding ortho intramolecular Hbond substituents is 1. The molecule has 1 aromatic heterocycles. The molecular weight excluding hydrogens is 564 g/mol. The van der Waals surface area contributed by atoms with E-state index in [4.69, 9.17) is 18.9 Å². The normalized spacial score (nSPS) is 14.9. The number of phenols is 1. The number of thiazole rings is 1. The van der Waals surface area contributed by atoms with Crippen molar-refractivity contribution in [2.45, 2.75) is 19.9 Å². The first-order chi connectivity index (χ1) is 17.8. The minimum atomic E-state index is -0.793. The van der Waals surface area contributed by atoms with Crippen LogP contribution in [0.1, 0.15) is 31.0 Å². The third kappa shape index (κ3) is 5.14. The number of nitrogens with zero attached hydrogens (tertiary/aromatic N) is 2. The Balaban J connectivity index is 1.92. The van der Waals surface area contributed by atoms with Crippen LogP contribution in [-0.4, -0.2) is 43.1 Å². The number of aromatic hydroxyl groups is 1. The largest absolute Gasteiger partial charge is 0.504 e. The molecule has 1 aliphatic heterocycles. The summed E-state index contributed by atoms with van der Waals surface area (Å²) in [6, 6.07) is 7.64. The van der Waals surface area contributed by atoms with Crippen molar-refractivity contribution < 1.29 is 28.8 Å². The molecule has 194 valence electrons. The Kier molecular flexibility index (Phi) is 8.03. The summed E-state index contributed by atoms with van der Waals surface area (Å²) >= 11 is 4.60. The van der Waals surface area contributed by atoms with Crippen molar-refractivity contribution in [3.05, 3.63) is 77.4 Å². The van der Waals surface area contributed by atoms with Crippen LogP contribution in [0.5, 0.6) is 23.0 Å². The zero-order valence-corrected chi connectivity index (χ0v) is 23.0. The first-order valence-electron chi connectivity index (χ1n) is 11.4. The molecule has 0 amide bonds. The van der Waals surface area contributed by atoms with Crippen LogP contribution in [0.25, 0.3) is 6.08 Å². The lowest BCUT2D eigenvalue weighted by molar-refractivity contribution is -0.136. The molecule has 1 aliphatic rings. The topological polar surface area (TPSA) is 109 Å². The Morgan fingerprint density at radius 2 is 1.86 bits per heavy atom. The fraction of sp³-hybridized carbons (Fsp3) is 0.269. The number of fused-ring (bicyclic) bond motifs is 1. The van der Waals surface area contributed by atoms with Crippen molar-refractivity contribution in [3.63, 3.8) is 0 Å². The average Bonchev–Trinajstić information content (AvgIpc) is 3.21. The Hall–Kier alpha value is -3.57. The van der Waals surface area contributed by atoms with E-state index < -0.39 is 12.0 Å². The number of carbonyl (C=O) groups is 1. The molecule has 0 fully saturated rings. The van der Waals surface area contributed by atoms with Gasteiger partial charge in [-0.2, -0.15) is 0 Å². The van der Waals surface area contributed by atoms with Crippen molar-refractivity contribution in [1.82, 2.24) is 4.57 Å². The van der Waals surface area contributed by atoms with Gasteiger partial charge in [0, 0.05) is 10.7 Å². The molecule has 0 saturated heterocycles. The third-order valence-electron chi connectivity index (χ3n) is 5.59. The van der Waals surface area contributed by atoms with Crippen LogP contribution in [-0.2, 0) is 9.53 Å². The van der Waals surface area contributed by atoms with Gasteiger partial charge in [0.05, 0.1) is 43.6 Å². The van der Waals surface area contributed by atoms with Crippen molar-refractivity contribution in [1.29, 1.82) is 0 Å². The van der Waals surface area contributed by atoms with Crippen LogP contribution in [0.4, 0.5) is 0 Å². The van der Waals surface area contributed by atoms with Gasteiger partial charge in [0.1, 0.15) is 0 Å². The predicted octanol–water partition coefficient (Wildman–Crippen LogP) is 3.29. The maximum Gasteiger partial charge on any atom is 0.337 e. The van der Waals surface area contributed by atoms with Crippen LogP contribution in [0.2, 0.25) is 0 Å². The van der Waals surface area contributed by atoms with E-state index in [1.165, 1.54) is 42.4 Å². The van der Waals surface area contributed by atoms with Gasteiger partial charge in [-0.1, -0.05) is 33.3 Å². The van der Waals surface area contributed by atoms with E-state index in [1.807, 2.05) is 13.8 Å². The average molecular weight is 589 g/mol. The van der Waals surface area contributed by atoms with Crippen LogP contribution in [0, 0.1) is 0 Å². The molecule has 3 aromatic rings. The summed E-state index contributed by atoms with van der Waals surface area (Å²) in [4.78, 5) is 31.3. The van der Waals surface area contributed by atoms with Gasteiger partial charge in [-0.15, -0.1) is 0 Å². The minimum absolute atomic E-state index is 0.0312. The molecule has 11 heteroatoms. The summed E-state index contributed by atoms with van der Waals surface area (Å²) in [5, 5.41) is 10.0. The number of benzene rings is 2. The monoisotopic (exact) mass is 588 g/mol. The maximum atomic E-state index is 13.7. The lowest BCUT2D eigenvalue weighted by atomic mass is 9.97. The van der Waals surface area contributed by atoms with Crippen molar-refractivity contribution in [2.24, 2.45) is 4.99 Å². The third-order valence-corrected chi connectivity index (χ3v) is 7.28. The molecular formula is C26H25BrN2O7S. The van der Waals surface area contributed by atoms with Crippen molar-refractivity contribution in [2.75, 3.05) is 27.4 Å². The number of carbonyl (C=O) groups excluding carboxylic acids is 1. The van der Waals surface area contributed by atoms with Crippen molar-refractivity contribution >= 4 is 39.3 Å². The number of ether oxygens (including phenoxy) is 4. The first kappa shape index (κ1) is 26.5. The second kappa shape index (κ2) is 11.2. The van der Waals surface area contributed by atoms with Crippen molar-refractivity contribution in [3.8, 4) is 23.0 Å². The standard InChI is InChI=1S/C26H25BrN2O7S/c1-5-35-19-8-7-14(9-21(19)36-6-2)23-16(25(32)34-4)13-28-26-29(23)24(31)22(37-26)11-15-10-20(33-3)18(30)12-17(15)27/h7-13,23,30H,5-6H2,1-4H3/b22-11-/t23-/m1/s1. The zero-order valence-electron chi connectivity index (χ0n) is 20.6. The molecule has 0 radical (unpaired) electrons. The van der Waals surface area contributed by atoms with Crippen LogP contribution in [0.3, 0.4) is 0 Å². The lowest BCUT2D eigenvalue weighted by Gasteiger charge is -2.23. The fourth-order valence-electron chi connectivity index (χ4n) is 3.96. The molecule has 0 unspecified atom stereocenters. The Bertz CT molecular complexity index is 1560. The zero-order chi connectivity index (χ0) is 26.7. The second-order valence-corrected chi connectivity index (χ2v) is 9.66. The molecule has 0 saturated carbocycles. The van der Waals surface area contributed by atoms with Gasteiger partial charge in [-0.05, 0) is 55.3 Å². The number of esters is 1. The highest BCUT2D eigenvalue weighted by atomic mass is 79.9. The lowest BCUT2D eigenvalue weighted by Crippen LogP contribution is -2.39. The van der Waals surface area contributed by atoms with Gasteiger partial charge >= 0.3 is 5.97 Å². The minimum Gasteiger partial charge on any atom is -0.504 e. The van der Waals surface area contributed by atoms with E-state index in [1.54, 1.807) is 30.3 Å². The fourth-order valence-corrected chi connectivity index (χ4v) is 5.37. The number of hydrogen-bond donors (Lipinski definition) is 1. The summed E-state index contributed by atoms with van der Waals surface area (Å²) in [5.74, 6) is 0.712. The first-order valence-corrected chi connectivity index (χ1v) is 13.0. The molecule has 1 N–H and O–H groups in total. The SMILES string of the molecule is CCOc1ccc([C@@H]2C(C(=O)OC)=CN=c3s/c(=C\c4cc(OC)c(O)cc4Br)c(=O)n32)cc1OCC. The smallest absolute Gasteiger partial charge is 0.337 e. The van der Waals surface area contributed by atoms with Crippen LogP contribution < -0.4 is 29.1 Å². The highest BCUT2D eigenvalue weighted by Gasteiger charge is 2.31. The summed E-state index contributed by atoms with van der Waals surface area (Å²) < 4.78 is 24.1. The van der Waals surface area contributed by atoms with Crippen LogP contribution >= 0.6 is 27.3 Å². The van der Waals surface area contributed by atoms with E-state index in [0.717, 1.165) is 0 Å². The molecule has 0 spiro atoms.